The highest BCUT2D eigenvalue weighted by molar-refractivity contribution is 6.23. The van der Waals surface area contributed by atoms with Gasteiger partial charge < -0.3 is 10.8 Å². The van der Waals surface area contributed by atoms with Crippen LogP contribution in [0.15, 0.2) is 18.2 Å². The third kappa shape index (κ3) is 2.28. The highest BCUT2D eigenvalue weighted by Crippen LogP contribution is 2.31. The molecule has 0 spiro atoms. The van der Waals surface area contributed by atoms with Gasteiger partial charge in [-0.15, -0.1) is 0 Å². The lowest BCUT2D eigenvalue weighted by Crippen LogP contribution is -2.49. The molecule has 112 valence electrons. The average molecular weight is 293 g/mol. The van der Waals surface area contributed by atoms with Crippen molar-refractivity contribution < 1.29 is 24.4 Å². The second-order valence-electron chi connectivity index (χ2n) is 4.71. The first-order chi connectivity index (χ1) is 10.1. The maximum atomic E-state index is 12.4. The Bertz CT molecular complexity index is 589. The summed E-state index contributed by atoms with van der Waals surface area (Å²) < 4.78 is 0. The van der Waals surface area contributed by atoms with Crippen LogP contribution in [0.25, 0.3) is 0 Å². The van der Waals surface area contributed by atoms with Crippen LogP contribution in [0.1, 0.15) is 27.1 Å². The Morgan fingerprint density at radius 3 is 2.86 bits per heavy atom. The number of imide groups is 1. The standard InChI is InChI=1S/C13H15N3O5/c14-9-3-1-2-8-11(9)13(19)16(12(8)18)10-4-7-20-15(21-10)5-6-17/h1-3,10,17H,4-7,14H2. The Kier molecular flexibility index (Phi) is 3.60. The van der Waals surface area contributed by atoms with Gasteiger partial charge in [-0.05, 0) is 12.1 Å². The van der Waals surface area contributed by atoms with E-state index in [2.05, 4.69) is 0 Å². The van der Waals surface area contributed by atoms with Crippen LogP contribution in [0.5, 0.6) is 0 Å². The Morgan fingerprint density at radius 2 is 2.14 bits per heavy atom. The van der Waals surface area contributed by atoms with Gasteiger partial charge in [-0.25, -0.2) is 9.74 Å². The van der Waals surface area contributed by atoms with Crippen LogP contribution in [0, 0.1) is 0 Å². The summed E-state index contributed by atoms with van der Waals surface area (Å²) in [6.45, 7) is 0.247. The predicted molar refractivity (Wildman–Crippen MR) is 70.6 cm³/mol. The lowest BCUT2D eigenvalue weighted by molar-refractivity contribution is -0.425. The van der Waals surface area contributed by atoms with Gasteiger partial charge in [-0.1, -0.05) is 11.3 Å². The molecule has 2 heterocycles. The van der Waals surface area contributed by atoms with E-state index < -0.39 is 18.0 Å². The maximum absolute atomic E-state index is 12.4. The zero-order chi connectivity index (χ0) is 15.0. The minimum Gasteiger partial charge on any atom is -0.398 e. The fraction of sp³-hybridized carbons (Fsp3) is 0.385. The highest BCUT2D eigenvalue weighted by atomic mass is 17.0. The number of aliphatic hydroxyl groups excluding tert-OH is 1. The first-order valence-corrected chi connectivity index (χ1v) is 6.58. The lowest BCUT2D eigenvalue weighted by Gasteiger charge is -2.34. The second kappa shape index (κ2) is 5.41. The van der Waals surface area contributed by atoms with Gasteiger partial charge in [0.15, 0.2) is 6.23 Å². The number of nitrogens with zero attached hydrogens (tertiary/aromatic N) is 2. The van der Waals surface area contributed by atoms with E-state index in [0.717, 1.165) is 10.1 Å². The van der Waals surface area contributed by atoms with Crippen molar-refractivity contribution in [1.29, 1.82) is 0 Å². The van der Waals surface area contributed by atoms with E-state index in [4.69, 9.17) is 20.5 Å². The van der Waals surface area contributed by atoms with Gasteiger partial charge in [-0.3, -0.25) is 14.4 Å². The minimum atomic E-state index is -0.767. The molecule has 8 nitrogen and oxygen atoms in total. The molecule has 3 N–H and O–H groups in total. The number of rotatable bonds is 3. The summed E-state index contributed by atoms with van der Waals surface area (Å²) in [5.74, 6) is -0.901. The number of carbonyl (C=O) groups excluding carboxylic acids is 2. The van der Waals surface area contributed by atoms with E-state index in [9.17, 15) is 9.59 Å². The van der Waals surface area contributed by atoms with Gasteiger partial charge in [0.25, 0.3) is 11.8 Å². The molecular formula is C13H15N3O5. The molecule has 0 aliphatic carbocycles. The van der Waals surface area contributed by atoms with Crippen molar-refractivity contribution in [1.82, 2.24) is 10.1 Å². The SMILES string of the molecule is Nc1cccc2c1C(=O)N(C1CCON(CCO)O1)C2=O. The van der Waals surface area contributed by atoms with Crippen LogP contribution in [-0.2, 0) is 9.68 Å². The van der Waals surface area contributed by atoms with Gasteiger partial charge in [-0.2, -0.15) is 0 Å². The molecule has 21 heavy (non-hydrogen) atoms. The number of amides is 2. The van der Waals surface area contributed by atoms with Gasteiger partial charge in [0.2, 0.25) is 0 Å². The molecule has 2 aliphatic rings. The Hall–Kier alpha value is -2.00. The quantitative estimate of drug-likeness (QED) is 0.585. The van der Waals surface area contributed by atoms with Crippen LogP contribution in [0.4, 0.5) is 5.69 Å². The first kappa shape index (κ1) is 14.0. The molecule has 1 aromatic rings. The number of benzene rings is 1. The van der Waals surface area contributed by atoms with E-state index in [1.165, 1.54) is 0 Å². The molecule has 1 saturated heterocycles. The second-order valence-corrected chi connectivity index (χ2v) is 4.71. The van der Waals surface area contributed by atoms with E-state index in [1.807, 2.05) is 0 Å². The van der Waals surface area contributed by atoms with E-state index >= 15 is 0 Å². The number of anilines is 1. The number of hydrogen-bond acceptors (Lipinski definition) is 7. The van der Waals surface area contributed by atoms with E-state index in [-0.39, 0.29) is 36.6 Å². The molecule has 1 aromatic carbocycles. The molecule has 0 bridgehead atoms. The number of β-amino-alcohol motifs (C(OH)–C–C–N with tert-alkyl or cyclic N) is 1. The number of fused-ring (bicyclic) bond motifs is 1. The number of carbonyl (C=O) groups is 2. The van der Waals surface area contributed by atoms with E-state index in [1.54, 1.807) is 18.2 Å². The molecule has 1 unspecified atom stereocenters. The van der Waals surface area contributed by atoms with Crippen LogP contribution in [0.3, 0.4) is 0 Å². The predicted octanol–water partition coefficient (Wildman–Crippen LogP) is -0.248. The molecule has 2 amide bonds. The maximum Gasteiger partial charge on any atom is 0.265 e. The highest BCUT2D eigenvalue weighted by Gasteiger charge is 2.43. The summed E-state index contributed by atoms with van der Waals surface area (Å²) >= 11 is 0. The van der Waals surface area contributed by atoms with Crippen LogP contribution in [-0.4, -0.2) is 53.0 Å². The van der Waals surface area contributed by atoms with Crippen LogP contribution < -0.4 is 5.73 Å². The Labute approximate surface area is 120 Å². The van der Waals surface area contributed by atoms with Crippen molar-refractivity contribution in [2.45, 2.75) is 12.6 Å². The number of nitrogen functional groups attached to an aromatic ring is 1. The molecule has 0 saturated carbocycles. The smallest absolute Gasteiger partial charge is 0.265 e. The summed E-state index contributed by atoms with van der Waals surface area (Å²) in [4.78, 5) is 36.4. The monoisotopic (exact) mass is 293 g/mol. The van der Waals surface area contributed by atoms with E-state index in [0.29, 0.717) is 6.42 Å². The number of hydroxylamine groups is 2. The minimum absolute atomic E-state index is 0.127. The Balaban J connectivity index is 1.86. The van der Waals surface area contributed by atoms with Crippen molar-refractivity contribution in [2.75, 3.05) is 25.5 Å². The fourth-order valence-corrected chi connectivity index (χ4v) is 2.44. The third-order valence-electron chi connectivity index (χ3n) is 3.39. The van der Waals surface area contributed by atoms with Crippen molar-refractivity contribution in [3.05, 3.63) is 29.3 Å². The summed E-state index contributed by atoms with van der Waals surface area (Å²) in [6.07, 6.45) is -0.412. The van der Waals surface area contributed by atoms with Gasteiger partial charge in [0, 0.05) is 12.1 Å². The summed E-state index contributed by atoms with van der Waals surface area (Å²) in [6, 6.07) is 4.78. The molecule has 0 radical (unpaired) electrons. The van der Waals surface area contributed by atoms with Crippen molar-refractivity contribution in [3.63, 3.8) is 0 Å². The first-order valence-electron chi connectivity index (χ1n) is 6.58. The van der Waals surface area contributed by atoms with Crippen molar-refractivity contribution in [3.8, 4) is 0 Å². The summed E-state index contributed by atoms with van der Waals surface area (Å²) in [5.41, 5.74) is 6.55. The molecule has 8 heteroatoms. The number of aliphatic hydroxyl groups is 1. The van der Waals surface area contributed by atoms with Crippen molar-refractivity contribution >= 4 is 17.5 Å². The van der Waals surface area contributed by atoms with Crippen LogP contribution in [0.2, 0.25) is 0 Å². The fourth-order valence-electron chi connectivity index (χ4n) is 2.44. The van der Waals surface area contributed by atoms with Gasteiger partial charge >= 0.3 is 0 Å². The Morgan fingerprint density at radius 1 is 1.33 bits per heavy atom. The molecule has 2 aliphatic heterocycles. The largest absolute Gasteiger partial charge is 0.398 e. The molecular weight excluding hydrogens is 278 g/mol. The molecule has 0 aromatic heterocycles. The zero-order valence-corrected chi connectivity index (χ0v) is 11.2. The van der Waals surface area contributed by atoms with Gasteiger partial charge in [0.1, 0.15) is 0 Å². The number of hydrogen-bond donors (Lipinski definition) is 2. The van der Waals surface area contributed by atoms with Crippen LogP contribution >= 0.6 is 0 Å². The molecule has 3 rings (SSSR count). The summed E-state index contributed by atoms with van der Waals surface area (Å²) in [5, 5.41) is 9.97. The third-order valence-corrected chi connectivity index (χ3v) is 3.39. The normalized spacial score (nSPS) is 22.7. The topological polar surface area (TPSA) is 105 Å². The lowest BCUT2D eigenvalue weighted by atomic mass is 10.1. The molecule has 1 atom stereocenters. The number of nitrogens with two attached hydrogens (primary N) is 1. The molecule has 1 fully saturated rings. The van der Waals surface area contributed by atoms with Crippen molar-refractivity contribution in [2.24, 2.45) is 0 Å². The summed E-state index contributed by atoms with van der Waals surface area (Å²) in [7, 11) is 0. The zero-order valence-electron chi connectivity index (χ0n) is 11.2. The van der Waals surface area contributed by atoms with Gasteiger partial charge in [0.05, 0.1) is 30.9 Å². The average Bonchev–Trinajstić information content (AvgIpc) is 2.73.